The summed E-state index contributed by atoms with van der Waals surface area (Å²) in [5.74, 6) is -0.0626. The van der Waals surface area contributed by atoms with E-state index in [-0.39, 0.29) is 22.9 Å². The summed E-state index contributed by atoms with van der Waals surface area (Å²) in [6.07, 6.45) is 6.38. The summed E-state index contributed by atoms with van der Waals surface area (Å²) >= 11 is 7.26. The fourth-order valence-electron chi connectivity index (χ4n) is 2.35. The first kappa shape index (κ1) is 18.8. The van der Waals surface area contributed by atoms with Gasteiger partial charge in [0.2, 0.25) is 5.76 Å². The molecule has 0 amide bonds. The van der Waals surface area contributed by atoms with E-state index in [1.807, 2.05) is 11.4 Å². The number of nitrogens with zero attached hydrogens (tertiary/aromatic N) is 2. The molecular formula is C19H13ClN2O4S. The lowest BCUT2D eigenvalue weighted by atomic mass is 10.1. The van der Waals surface area contributed by atoms with Gasteiger partial charge in [-0.25, -0.2) is 0 Å². The lowest BCUT2D eigenvalue weighted by Crippen LogP contribution is -1.93. The molecule has 8 heteroatoms. The number of hydrogen-bond acceptors (Lipinski definition) is 6. The van der Waals surface area contributed by atoms with Gasteiger partial charge in [0.25, 0.3) is 0 Å². The first-order chi connectivity index (χ1) is 13.0. The van der Waals surface area contributed by atoms with Crippen molar-refractivity contribution in [2.75, 3.05) is 0 Å². The Morgan fingerprint density at radius 2 is 1.96 bits per heavy atom. The van der Waals surface area contributed by atoms with Gasteiger partial charge in [-0.05, 0) is 72.5 Å². The number of aryl methyl sites for hydroxylation is 1. The monoisotopic (exact) mass is 400 g/mol. The van der Waals surface area contributed by atoms with Gasteiger partial charge in [0.15, 0.2) is 11.5 Å². The van der Waals surface area contributed by atoms with Crippen LogP contribution >= 0.6 is 22.9 Å². The van der Waals surface area contributed by atoms with E-state index in [9.17, 15) is 14.9 Å². The standard InChI is InChI=1S/C19H13ClN2O4S/c1-12-19(22(24)25)17(26-21-12)8-9-18-14(10-11-27-18)4-7-16(23)13-2-5-15(20)6-3-13/h2-11H,1H3. The topological polar surface area (TPSA) is 86.2 Å². The second kappa shape index (κ2) is 8.11. The Hall–Kier alpha value is -3.03. The van der Waals surface area contributed by atoms with Gasteiger partial charge in [0.05, 0.1) is 4.92 Å². The van der Waals surface area contributed by atoms with Gasteiger partial charge >= 0.3 is 5.69 Å². The molecule has 0 aliphatic rings. The van der Waals surface area contributed by atoms with Gasteiger partial charge in [-0.1, -0.05) is 16.8 Å². The highest BCUT2D eigenvalue weighted by atomic mass is 35.5. The Kier molecular flexibility index (Phi) is 5.63. The molecule has 0 bridgehead atoms. The molecule has 0 unspecified atom stereocenters. The summed E-state index contributed by atoms with van der Waals surface area (Å²) in [6.45, 7) is 1.51. The minimum Gasteiger partial charge on any atom is -0.349 e. The van der Waals surface area contributed by atoms with E-state index < -0.39 is 4.92 Å². The quantitative estimate of drug-likeness (QED) is 0.230. The second-order valence-corrected chi connectivity index (χ2v) is 6.90. The highest BCUT2D eigenvalue weighted by Gasteiger charge is 2.22. The molecule has 0 N–H and O–H groups in total. The molecule has 0 radical (unpaired) electrons. The Morgan fingerprint density at radius 1 is 1.22 bits per heavy atom. The van der Waals surface area contributed by atoms with E-state index in [1.165, 1.54) is 30.4 Å². The molecular weight excluding hydrogens is 388 g/mol. The Morgan fingerprint density at radius 3 is 2.67 bits per heavy atom. The minimum absolute atomic E-state index is 0.0815. The largest absolute Gasteiger partial charge is 0.349 e. The van der Waals surface area contributed by atoms with Gasteiger partial charge < -0.3 is 4.52 Å². The third-order valence-corrected chi connectivity index (χ3v) is 4.85. The molecule has 136 valence electrons. The maximum atomic E-state index is 12.2. The molecule has 0 saturated carbocycles. The zero-order valence-corrected chi connectivity index (χ0v) is 15.7. The lowest BCUT2D eigenvalue weighted by molar-refractivity contribution is -0.386. The number of carbonyl (C=O) groups is 1. The summed E-state index contributed by atoms with van der Waals surface area (Å²) in [7, 11) is 0. The first-order valence-electron chi connectivity index (χ1n) is 7.80. The number of hydrogen-bond donors (Lipinski definition) is 0. The summed E-state index contributed by atoms with van der Waals surface area (Å²) in [4.78, 5) is 23.6. The zero-order valence-electron chi connectivity index (χ0n) is 14.1. The van der Waals surface area contributed by atoms with E-state index in [2.05, 4.69) is 5.16 Å². The number of rotatable bonds is 6. The summed E-state index contributed by atoms with van der Waals surface area (Å²) in [5.41, 5.74) is 1.42. The van der Waals surface area contributed by atoms with Gasteiger partial charge in [-0.3, -0.25) is 14.9 Å². The molecule has 0 atom stereocenters. The third kappa shape index (κ3) is 4.39. The van der Waals surface area contributed by atoms with Crippen LogP contribution in [0.3, 0.4) is 0 Å². The minimum atomic E-state index is -0.522. The molecule has 0 aliphatic heterocycles. The molecule has 6 nitrogen and oxygen atoms in total. The number of allylic oxidation sites excluding steroid dienone is 1. The molecule has 27 heavy (non-hydrogen) atoms. The van der Waals surface area contributed by atoms with E-state index in [0.29, 0.717) is 10.6 Å². The van der Waals surface area contributed by atoms with Crippen molar-refractivity contribution in [3.63, 3.8) is 0 Å². The smallest absolute Gasteiger partial charge is 0.338 e. The van der Waals surface area contributed by atoms with E-state index >= 15 is 0 Å². The van der Waals surface area contributed by atoms with Gasteiger partial charge in [-0.2, -0.15) is 0 Å². The Balaban J connectivity index is 1.79. The number of aromatic nitrogens is 1. The zero-order chi connectivity index (χ0) is 19.4. The van der Waals surface area contributed by atoms with Crippen molar-refractivity contribution in [1.29, 1.82) is 0 Å². The highest BCUT2D eigenvalue weighted by Crippen LogP contribution is 2.27. The number of carbonyl (C=O) groups excluding carboxylic acids is 1. The van der Waals surface area contributed by atoms with Gasteiger partial charge in [0.1, 0.15) is 0 Å². The lowest BCUT2D eigenvalue weighted by Gasteiger charge is -1.96. The van der Waals surface area contributed by atoms with Crippen molar-refractivity contribution < 1.29 is 14.2 Å². The van der Waals surface area contributed by atoms with Crippen LogP contribution < -0.4 is 0 Å². The fourth-order valence-corrected chi connectivity index (χ4v) is 3.25. The molecule has 1 aromatic carbocycles. The van der Waals surface area contributed by atoms with Gasteiger partial charge in [-0.15, -0.1) is 11.3 Å². The number of halogens is 1. The molecule has 3 aromatic rings. The average molecular weight is 401 g/mol. The van der Waals surface area contributed by atoms with Crippen molar-refractivity contribution in [1.82, 2.24) is 5.16 Å². The molecule has 2 heterocycles. The van der Waals surface area contributed by atoms with Crippen LogP contribution in [0.1, 0.15) is 32.3 Å². The molecule has 0 spiro atoms. The summed E-state index contributed by atoms with van der Waals surface area (Å²) in [6, 6.07) is 8.50. The molecule has 3 rings (SSSR count). The van der Waals surface area contributed by atoms with Crippen molar-refractivity contribution in [3.05, 3.63) is 84.4 Å². The molecule has 0 aliphatic carbocycles. The third-order valence-electron chi connectivity index (χ3n) is 3.70. The number of thiophene rings is 1. The van der Waals surface area contributed by atoms with Crippen LogP contribution in [0.5, 0.6) is 0 Å². The maximum Gasteiger partial charge on any atom is 0.338 e. The summed E-state index contributed by atoms with van der Waals surface area (Å²) < 4.78 is 5.00. The number of ketones is 1. The van der Waals surface area contributed by atoms with Gasteiger partial charge in [0, 0.05) is 15.5 Å². The van der Waals surface area contributed by atoms with Crippen molar-refractivity contribution >= 4 is 52.6 Å². The van der Waals surface area contributed by atoms with Crippen molar-refractivity contribution in [2.24, 2.45) is 0 Å². The normalized spacial score (nSPS) is 11.5. The predicted octanol–water partition coefficient (Wildman–Crippen LogP) is 5.67. The van der Waals surface area contributed by atoms with Crippen molar-refractivity contribution in [3.8, 4) is 0 Å². The first-order valence-corrected chi connectivity index (χ1v) is 9.05. The predicted molar refractivity (Wildman–Crippen MR) is 106 cm³/mol. The van der Waals surface area contributed by atoms with Crippen LogP contribution in [-0.4, -0.2) is 15.9 Å². The second-order valence-electron chi connectivity index (χ2n) is 5.52. The van der Waals surface area contributed by atoms with Crippen LogP contribution in [0.15, 0.2) is 46.3 Å². The molecule has 0 fully saturated rings. The van der Waals surface area contributed by atoms with Crippen LogP contribution in [-0.2, 0) is 0 Å². The number of nitro groups is 1. The van der Waals surface area contributed by atoms with Crippen LogP contribution in [0.2, 0.25) is 5.02 Å². The molecule has 0 saturated heterocycles. The summed E-state index contributed by atoms with van der Waals surface area (Å²) in [5, 5.41) is 17.1. The van der Waals surface area contributed by atoms with E-state index in [1.54, 1.807) is 36.4 Å². The van der Waals surface area contributed by atoms with E-state index in [0.717, 1.165) is 10.4 Å². The fraction of sp³-hybridized carbons (Fsp3) is 0.0526. The van der Waals surface area contributed by atoms with Crippen LogP contribution in [0, 0.1) is 17.0 Å². The SMILES string of the molecule is Cc1noc(C=Cc2sccc2C=CC(=O)c2ccc(Cl)cc2)c1[N+](=O)[O-]. The molecule has 2 aromatic heterocycles. The van der Waals surface area contributed by atoms with Crippen LogP contribution in [0.4, 0.5) is 5.69 Å². The van der Waals surface area contributed by atoms with Crippen molar-refractivity contribution in [2.45, 2.75) is 6.92 Å². The van der Waals surface area contributed by atoms with Crippen LogP contribution in [0.25, 0.3) is 18.2 Å². The maximum absolute atomic E-state index is 12.2. The Bertz CT molecular complexity index is 1050. The Labute approximate surface area is 163 Å². The van der Waals surface area contributed by atoms with E-state index in [4.69, 9.17) is 16.1 Å². The average Bonchev–Trinajstić information content (AvgIpc) is 3.24. The highest BCUT2D eigenvalue weighted by molar-refractivity contribution is 7.11. The number of benzene rings is 1.